The van der Waals surface area contributed by atoms with Crippen LogP contribution < -0.4 is 11.1 Å². The number of nitrogens with two attached hydrogens (primary N) is 1. The molecule has 2 unspecified atom stereocenters. The Morgan fingerprint density at radius 3 is 2.19 bits per heavy atom. The highest BCUT2D eigenvalue weighted by Gasteiger charge is 2.43. The fourth-order valence-electron chi connectivity index (χ4n) is 4.54. The molecule has 0 aromatic rings. The van der Waals surface area contributed by atoms with Crippen LogP contribution in [0.2, 0.25) is 0 Å². The van der Waals surface area contributed by atoms with E-state index in [1.54, 1.807) is 0 Å². The van der Waals surface area contributed by atoms with Crippen LogP contribution >= 0.6 is 0 Å². The van der Waals surface area contributed by atoms with Crippen molar-refractivity contribution in [3.05, 3.63) is 0 Å². The second-order valence-corrected chi connectivity index (χ2v) is 8.92. The predicted octanol–water partition coefficient (Wildman–Crippen LogP) is 2.60. The lowest BCUT2D eigenvalue weighted by molar-refractivity contribution is -0.153. The Morgan fingerprint density at radius 2 is 1.67 bits per heavy atom. The van der Waals surface area contributed by atoms with Gasteiger partial charge in [0.1, 0.15) is 5.60 Å². The van der Waals surface area contributed by atoms with Crippen molar-refractivity contribution >= 4 is 5.91 Å². The SMILES string of the molecule is CC1(C)CC(NC(=O)C2(C)CC(N)CCO2)CC(C)(C)C1. The zero-order valence-corrected chi connectivity index (χ0v) is 14.3. The zero-order valence-electron chi connectivity index (χ0n) is 14.3. The Labute approximate surface area is 129 Å². The van der Waals surface area contributed by atoms with Crippen LogP contribution in [-0.2, 0) is 9.53 Å². The van der Waals surface area contributed by atoms with Crippen molar-refractivity contribution in [3.63, 3.8) is 0 Å². The molecule has 2 rings (SSSR count). The molecular formula is C17H32N2O2. The van der Waals surface area contributed by atoms with Gasteiger partial charge in [-0.15, -0.1) is 0 Å². The largest absolute Gasteiger partial charge is 0.365 e. The molecule has 0 aromatic heterocycles. The molecule has 0 spiro atoms. The average Bonchev–Trinajstić information content (AvgIpc) is 2.23. The van der Waals surface area contributed by atoms with Gasteiger partial charge in [0.15, 0.2) is 0 Å². The molecule has 2 atom stereocenters. The quantitative estimate of drug-likeness (QED) is 0.823. The highest BCUT2D eigenvalue weighted by Crippen LogP contribution is 2.45. The van der Waals surface area contributed by atoms with Gasteiger partial charge in [0.25, 0.3) is 5.91 Å². The summed E-state index contributed by atoms with van der Waals surface area (Å²) in [5.74, 6) is 0.0103. The van der Waals surface area contributed by atoms with Gasteiger partial charge >= 0.3 is 0 Å². The van der Waals surface area contributed by atoms with Crippen molar-refractivity contribution in [1.82, 2.24) is 5.32 Å². The van der Waals surface area contributed by atoms with Crippen LogP contribution in [0.1, 0.15) is 66.7 Å². The molecule has 122 valence electrons. The van der Waals surface area contributed by atoms with Gasteiger partial charge < -0.3 is 15.8 Å². The van der Waals surface area contributed by atoms with Crippen LogP contribution in [-0.4, -0.2) is 30.2 Å². The molecule has 4 heteroatoms. The third-order valence-electron chi connectivity index (χ3n) is 4.93. The first-order chi connectivity index (χ1) is 9.51. The van der Waals surface area contributed by atoms with Gasteiger partial charge in [-0.25, -0.2) is 0 Å². The Kier molecular flexibility index (Phi) is 4.42. The normalized spacial score (nSPS) is 36.2. The molecule has 0 bridgehead atoms. The van der Waals surface area contributed by atoms with Crippen molar-refractivity contribution < 1.29 is 9.53 Å². The second kappa shape index (κ2) is 5.54. The van der Waals surface area contributed by atoms with E-state index in [-0.39, 0.29) is 28.8 Å². The lowest BCUT2D eigenvalue weighted by Crippen LogP contribution is -2.56. The molecule has 1 saturated carbocycles. The van der Waals surface area contributed by atoms with Crippen LogP contribution in [0.5, 0.6) is 0 Å². The van der Waals surface area contributed by atoms with Crippen molar-refractivity contribution in [2.45, 2.75) is 84.4 Å². The standard InChI is InChI=1S/C17H32N2O2/c1-15(2)9-13(10-16(3,4)11-15)19-14(20)17(5)8-12(18)6-7-21-17/h12-13H,6-11,18H2,1-5H3,(H,19,20). The predicted molar refractivity (Wildman–Crippen MR) is 84.9 cm³/mol. The van der Waals surface area contributed by atoms with E-state index in [9.17, 15) is 4.79 Å². The summed E-state index contributed by atoms with van der Waals surface area (Å²) in [6, 6.07) is 0.295. The van der Waals surface area contributed by atoms with E-state index < -0.39 is 5.60 Å². The fourth-order valence-corrected chi connectivity index (χ4v) is 4.54. The lowest BCUT2D eigenvalue weighted by atomic mass is 9.63. The Bertz CT molecular complexity index is 390. The third kappa shape index (κ3) is 4.19. The molecule has 21 heavy (non-hydrogen) atoms. The molecule has 2 fully saturated rings. The van der Waals surface area contributed by atoms with Gasteiger partial charge in [0.05, 0.1) is 0 Å². The number of hydrogen-bond acceptors (Lipinski definition) is 3. The Balaban J connectivity index is 2.02. The summed E-state index contributed by atoms with van der Waals surface area (Å²) >= 11 is 0. The van der Waals surface area contributed by atoms with E-state index in [0.29, 0.717) is 13.0 Å². The topological polar surface area (TPSA) is 64.4 Å². The minimum atomic E-state index is -0.761. The Morgan fingerprint density at radius 1 is 1.10 bits per heavy atom. The van der Waals surface area contributed by atoms with Gasteiger partial charge in [0, 0.05) is 25.1 Å². The first-order valence-corrected chi connectivity index (χ1v) is 8.22. The lowest BCUT2D eigenvalue weighted by Gasteiger charge is -2.46. The summed E-state index contributed by atoms with van der Waals surface area (Å²) in [5.41, 5.74) is 5.78. The molecule has 3 N–H and O–H groups in total. The molecule has 1 heterocycles. The van der Waals surface area contributed by atoms with Crippen molar-refractivity contribution in [2.75, 3.05) is 6.61 Å². The molecule has 2 aliphatic rings. The van der Waals surface area contributed by atoms with Gasteiger partial charge in [-0.3, -0.25) is 4.79 Å². The first kappa shape index (κ1) is 16.8. The summed E-state index contributed by atoms with van der Waals surface area (Å²) in [6.07, 6.45) is 4.71. The molecule has 1 saturated heterocycles. The molecule has 1 aliphatic heterocycles. The molecule has 1 amide bonds. The number of ether oxygens (including phenoxy) is 1. The van der Waals surface area contributed by atoms with E-state index in [1.807, 2.05) is 6.92 Å². The number of carbonyl (C=O) groups excluding carboxylic acids is 1. The van der Waals surface area contributed by atoms with Crippen molar-refractivity contribution in [2.24, 2.45) is 16.6 Å². The summed E-state index contributed by atoms with van der Waals surface area (Å²) in [6.45, 7) is 11.6. The average molecular weight is 296 g/mol. The van der Waals surface area contributed by atoms with E-state index in [0.717, 1.165) is 19.3 Å². The summed E-state index contributed by atoms with van der Waals surface area (Å²) < 4.78 is 5.75. The maximum atomic E-state index is 12.7. The summed E-state index contributed by atoms with van der Waals surface area (Å²) in [4.78, 5) is 12.7. The first-order valence-electron chi connectivity index (χ1n) is 8.22. The number of amides is 1. The summed E-state index contributed by atoms with van der Waals surface area (Å²) in [7, 11) is 0. The van der Waals surface area contributed by atoms with Gasteiger partial charge in [-0.2, -0.15) is 0 Å². The highest BCUT2D eigenvalue weighted by atomic mass is 16.5. The zero-order chi connectivity index (χ0) is 15.9. The van der Waals surface area contributed by atoms with E-state index in [1.165, 1.54) is 6.42 Å². The van der Waals surface area contributed by atoms with Crippen LogP contribution in [0.25, 0.3) is 0 Å². The molecule has 4 nitrogen and oxygen atoms in total. The molecular weight excluding hydrogens is 264 g/mol. The van der Waals surface area contributed by atoms with Gasteiger partial charge in [-0.1, -0.05) is 27.7 Å². The maximum absolute atomic E-state index is 12.7. The van der Waals surface area contributed by atoms with E-state index in [4.69, 9.17) is 10.5 Å². The number of carbonyl (C=O) groups is 1. The van der Waals surface area contributed by atoms with Gasteiger partial charge in [-0.05, 0) is 43.4 Å². The second-order valence-electron chi connectivity index (χ2n) is 8.92. The minimum absolute atomic E-state index is 0.0103. The van der Waals surface area contributed by atoms with Crippen molar-refractivity contribution in [3.8, 4) is 0 Å². The van der Waals surface area contributed by atoms with Crippen molar-refractivity contribution in [1.29, 1.82) is 0 Å². The number of rotatable bonds is 2. The highest BCUT2D eigenvalue weighted by molar-refractivity contribution is 5.85. The smallest absolute Gasteiger partial charge is 0.252 e. The molecule has 1 aliphatic carbocycles. The maximum Gasteiger partial charge on any atom is 0.252 e. The molecule has 0 radical (unpaired) electrons. The number of nitrogens with one attached hydrogen (secondary N) is 1. The van der Waals surface area contributed by atoms with Crippen LogP contribution in [0.15, 0.2) is 0 Å². The van der Waals surface area contributed by atoms with Gasteiger partial charge in [0.2, 0.25) is 0 Å². The van der Waals surface area contributed by atoms with E-state index >= 15 is 0 Å². The minimum Gasteiger partial charge on any atom is -0.365 e. The monoisotopic (exact) mass is 296 g/mol. The third-order valence-corrected chi connectivity index (χ3v) is 4.93. The molecule has 0 aromatic carbocycles. The van der Waals surface area contributed by atoms with Crippen LogP contribution in [0.3, 0.4) is 0 Å². The summed E-state index contributed by atoms with van der Waals surface area (Å²) in [5, 5.41) is 3.24. The number of hydrogen-bond donors (Lipinski definition) is 2. The fraction of sp³-hybridized carbons (Fsp3) is 0.941. The van der Waals surface area contributed by atoms with Crippen LogP contribution in [0.4, 0.5) is 0 Å². The Hall–Kier alpha value is -0.610. The van der Waals surface area contributed by atoms with E-state index in [2.05, 4.69) is 33.0 Å². The van der Waals surface area contributed by atoms with Crippen LogP contribution in [0, 0.1) is 10.8 Å².